The Morgan fingerprint density at radius 2 is 1.76 bits per heavy atom. The number of aliphatic hydroxyl groups is 1. The number of amides is 2. The molecule has 2 amide bonds. The van der Waals surface area contributed by atoms with Crippen LogP contribution in [0.1, 0.15) is 12.0 Å². The zero-order valence-corrected chi connectivity index (χ0v) is 18.5. The van der Waals surface area contributed by atoms with Gasteiger partial charge in [-0.25, -0.2) is 4.79 Å². The van der Waals surface area contributed by atoms with Crippen molar-refractivity contribution in [3.05, 3.63) is 35.9 Å². The Kier molecular flexibility index (Phi) is 12.1. The zero-order chi connectivity index (χ0) is 25.7. The van der Waals surface area contributed by atoms with Gasteiger partial charge >= 0.3 is 12.1 Å². The summed E-state index contributed by atoms with van der Waals surface area (Å²) < 4.78 is 31.7. The van der Waals surface area contributed by atoms with E-state index in [1.54, 1.807) is 4.90 Å². The molecule has 0 aliphatic carbocycles. The second-order valence-electron chi connectivity index (χ2n) is 7.54. The quantitative estimate of drug-likeness (QED) is 0.393. The van der Waals surface area contributed by atoms with E-state index in [0.717, 1.165) is 12.0 Å². The van der Waals surface area contributed by atoms with Crippen molar-refractivity contribution in [2.24, 2.45) is 5.73 Å². The van der Waals surface area contributed by atoms with Crippen molar-refractivity contribution in [1.82, 2.24) is 15.1 Å². The molecule has 0 saturated carbocycles. The van der Waals surface area contributed by atoms with Gasteiger partial charge in [-0.2, -0.15) is 13.2 Å². The number of carbonyl (C=O) groups is 3. The van der Waals surface area contributed by atoms with E-state index in [0.29, 0.717) is 32.6 Å². The number of hydrogen-bond acceptors (Lipinski definition) is 6. The summed E-state index contributed by atoms with van der Waals surface area (Å²) in [6.07, 6.45) is -0.0276. The van der Waals surface area contributed by atoms with Crippen LogP contribution in [0, 0.1) is 12.3 Å². The Labute approximate surface area is 195 Å². The second-order valence-corrected chi connectivity index (χ2v) is 7.54. The number of carboxylic acids is 1. The predicted molar refractivity (Wildman–Crippen MR) is 117 cm³/mol. The molecule has 1 fully saturated rings. The van der Waals surface area contributed by atoms with E-state index >= 15 is 0 Å². The Hall–Kier alpha value is -3.14. The van der Waals surface area contributed by atoms with Gasteiger partial charge in [-0.3, -0.25) is 14.5 Å². The van der Waals surface area contributed by atoms with Crippen molar-refractivity contribution in [1.29, 1.82) is 0 Å². The molecule has 0 bridgehead atoms. The Balaban J connectivity index is 0.000000718. The number of carboxylic acid groups (broad SMARTS) is 1. The van der Waals surface area contributed by atoms with E-state index in [4.69, 9.17) is 22.1 Å². The number of alkyl halides is 3. The Morgan fingerprint density at radius 1 is 1.15 bits per heavy atom. The first-order chi connectivity index (χ1) is 16.0. The molecule has 1 aromatic rings. The fourth-order valence-corrected chi connectivity index (χ4v) is 3.13. The van der Waals surface area contributed by atoms with Gasteiger partial charge in [0.25, 0.3) is 5.91 Å². The first-order valence-electron chi connectivity index (χ1n) is 10.4. The van der Waals surface area contributed by atoms with Crippen molar-refractivity contribution in [3.8, 4) is 12.3 Å². The summed E-state index contributed by atoms with van der Waals surface area (Å²) in [4.78, 5) is 36.9. The van der Waals surface area contributed by atoms with Gasteiger partial charge in [-0.15, -0.1) is 6.42 Å². The first kappa shape index (κ1) is 28.9. The third-order valence-corrected chi connectivity index (χ3v) is 4.87. The van der Waals surface area contributed by atoms with E-state index < -0.39 is 24.3 Å². The monoisotopic (exact) mass is 486 g/mol. The number of rotatable bonds is 7. The number of benzene rings is 1. The summed E-state index contributed by atoms with van der Waals surface area (Å²) in [5, 5.41) is 20.1. The molecule has 188 valence electrons. The van der Waals surface area contributed by atoms with E-state index in [-0.39, 0.29) is 24.9 Å². The van der Waals surface area contributed by atoms with Crippen LogP contribution in [0.15, 0.2) is 30.3 Å². The highest BCUT2D eigenvalue weighted by molar-refractivity contribution is 5.81. The van der Waals surface area contributed by atoms with Gasteiger partial charge in [-0.1, -0.05) is 36.3 Å². The molecule has 1 aromatic carbocycles. The summed E-state index contributed by atoms with van der Waals surface area (Å²) in [5.41, 5.74) is 7.04. The smallest absolute Gasteiger partial charge is 0.475 e. The molecule has 1 heterocycles. The van der Waals surface area contributed by atoms with E-state index in [2.05, 4.69) is 11.2 Å². The maximum absolute atomic E-state index is 12.6. The largest absolute Gasteiger partial charge is 0.490 e. The summed E-state index contributed by atoms with van der Waals surface area (Å²) in [5.74, 6) is -0.867. The highest BCUT2D eigenvalue weighted by atomic mass is 19.4. The molecular weight excluding hydrogens is 457 g/mol. The van der Waals surface area contributed by atoms with Crippen LogP contribution in [0.3, 0.4) is 0 Å². The number of halogens is 3. The minimum atomic E-state index is -5.08. The molecule has 1 aliphatic heterocycles. The Morgan fingerprint density at radius 3 is 2.32 bits per heavy atom. The molecule has 1 unspecified atom stereocenters. The normalized spacial score (nSPS) is 16.2. The minimum absolute atomic E-state index is 0.127. The van der Waals surface area contributed by atoms with Gasteiger partial charge in [0.1, 0.15) is 6.10 Å². The molecule has 1 aliphatic rings. The van der Waals surface area contributed by atoms with E-state index in [1.165, 1.54) is 0 Å². The molecule has 0 aromatic heterocycles. The number of aliphatic hydroxyl groups excluding tert-OH is 1. The van der Waals surface area contributed by atoms with Gasteiger partial charge < -0.3 is 26.2 Å². The molecule has 12 heteroatoms. The van der Waals surface area contributed by atoms with Crippen molar-refractivity contribution in [3.63, 3.8) is 0 Å². The molecule has 2 rings (SSSR count). The fourth-order valence-electron chi connectivity index (χ4n) is 3.13. The summed E-state index contributed by atoms with van der Waals surface area (Å²) >= 11 is 0. The van der Waals surface area contributed by atoms with Gasteiger partial charge in [0, 0.05) is 32.2 Å². The molecule has 0 spiro atoms. The van der Waals surface area contributed by atoms with E-state index in [1.807, 2.05) is 35.2 Å². The average molecular weight is 486 g/mol. The van der Waals surface area contributed by atoms with Gasteiger partial charge in [-0.05, 0) is 18.4 Å². The minimum Gasteiger partial charge on any atom is -0.475 e. The third-order valence-electron chi connectivity index (χ3n) is 4.87. The molecule has 34 heavy (non-hydrogen) atoms. The van der Waals surface area contributed by atoms with Crippen LogP contribution in [0.25, 0.3) is 0 Å². The highest BCUT2D eigenvalue weighted by Gasteiger charge is 2.38. The van der Waals surface area contributed by atoms with Gasteiger partial charge in [0.15, 0.2) is 0 Å². The van der Waals surface area contributed by atoms with Crippen LogP contribution < -0.4 is 11.1 Å². The number of nitrogens with two attached hydrogens (primary N) is 1. The maximum Gasteiger partial charge on any atom is 0.490 e. The number of hydrogen-bond donors (Lipinski definition) is 4. The van der Waals surface area contributed by atoms with Crippen LogP contribution >= 0.6 is 0 Å². The molecular formula is C22H29F3N4O5. The van der Waals surface area contributed by atoms with Crippen molar-refractivity contribution >= 4 is 17.8 Å². The standard InChI is InChI=1S/C20H28N4O3.C2HF3O2/c1-2-9-22-18(25)15-23-10-6-11-24(13-12-23)20(27)19(26)17(21)14-16-7-4-3-5-8-16;3-2(4,5)1(6)7/h1,3-5,7-8,17,19,26H,6,9-15,21H2,(H,22,25);(H,6,7)/t17-,19?;/m0./s1. The first-order valence-corrected chi connectivity index (χ1v) is 10.4. The van der Waals surface area contributed by atoms with Gasteiger partial charge in [0.2, 0.25) is 5.91 Å². The predicted octanol–water partition coefficient (Wildman–Crippen LogP) is -0.166. The van der Waals surface area contributed by atoms with Crippen LogP contribution in [0.2, 0.25) is 0 Å². The fraction of sp³-hybridized carbons (Fsp3) is 0.500. The number of terminal acetylenes is 1. The lowest BCUT2D eigenvalue weighted by Crippen LogP contribution is -2.50. The number of aliphatic carboxylic acids is 1. The van der Waals surface area contributed by atoms with Crippen LogP contribution in [0.5, 0.6) is 0 Å². The summed E-state index contributed by atoms with van der Waals surface area (Å²) in [6.45, 7) is 2.73. The SMILES string of the molecule is C#CCNC(=O)CN1CCCN(C(=O)C(O)[C@@H](N)Cc2ccccc2)CC1.O=C(O)C(F)(F)F. The van der Waals surface area contributed by atoms with Crippen LogP contribution in [-0.4, -0.2) is 95.4 Å². The zero-order valence-electron chi connectivity index (χ0n) is 18.5. The van der Waals surface area contributed by atoms with Crippen molar-refractivity contribution < 1.29 is 37.8 Å². The molecule has 1 saturated heterocycles. The van der Waals surface area contributed by atoms with Crippen molar-refractivity contribution in [2.75, 3.05) is 39.3 Å². The topological polar surface area (TPSA) is 136 Å². The van der Waals surface area contributed by atoms with Crippen LogP contribution in [0.4, 0.5) is 13.2 Å². The maximum atomic E-state index is 12.6. The number of nitrogens with zero attached hydrogens (tertiary/aromatic N) is 2. The molecule has 0 radical (unpaired) electrons. The van der Waals surface area contributed by atoms with Crippen molar-refractivity contribution in [2.45, 2.75) is 31.2 Å². The summed E-state index contributed by atoms with van der Waals surface area (Å²) in [7, 11) is 0. The lowest BCUT2D eigenvalue weighted by Gasteiger charge is -2.26. The molecule has 5 N–H and O–H groups in total. The summed E-state index contributed by atoms with van der Waals surface area (Å²) in [6, 6.07) is 8.90. The number of nitrogens with one attached hydrogen (secondary N) is 1. The molecule has 2 atom stereocenters. The van der Waals surface area contributed by atoms with Gasteiger partial charge in [0.05, 0.1) is 13.1 Å². The average Bonchev–Trinajstić information content (AvgIpc) is 3.02. The lowest BCUT2D eigenvalue weighted by atomic mass is 10.0. The highest BCUT2D eigenvalue weighted by Crippen LogP contribution is 2.13. The second kappa shape index (κ2) is 14.2. The molecule has 9 nitrogen and oxygen atoms in total. The van der Waals surface area contributed by atoms with Crippen LogP contribution in [-0.2, 0) is 20.8 Å². The van der Waals surface area contributed by atoms with E-state index in [9.17, 15) is 27.9 Å². The number of carbonyl (C=O) groups excluding carboxylic acids is 2. The lowest BCUT2D eigenvalue weighted by molar-refractivity contribution is -0.192. The Bertz CT molecular complexity index is 845. The third kappa shape index (κ3) is 10.7.